The van der Waals surface area contributed by atoms with Crippen LogP contribution in [-0.2, 0) is 14.3 Å². The van der Waals surface area contributed by atoms with Gasteiger partial charge in [0.25, 0.3) is 0 Å². The van der Waals surface area contributed by atoms with Gasteiger partial charge in [0.05, 0.1) is 12.7 Å². The molecule has 0 spiro atoms. The summed E-state index contributed by atoms with van der Waals surface area (Å²) in [6.45, 7) is 0. The normalized spacial score (nSPS) is 14.8. The van der Waals surface area contributed by atoms with E-state index in [1.807, 2.05) is 0 Å². The Labute approximate surface area is 92.8 Å². The molecule has 59 valence electrons. The van der Waals surface area contributed by atoms with Crippen LogP contribution in [0.4, 0.5) is 0 Å². The largest absolute Gasteiger partial charge is 0.465 e. The molecule has 1 radical (unpaired) electrons. The summed E-state index contributed by atoms with van der Waals surface area (Å²) in [6, 6.07) is 0. The zero-order valence-corrected chi connectivity index (χ0v) is 9.16. The van der Waals surface area contributed by atoms with Crippen LogP contribution in [0.2, 0.25) is 0 Å². The van der Waals surface area contributed by atoms with Gasteiger partial charge in [-0.2, -0.15) is 0 Å². The summed E-state index contributed by atoms with van der Waals surface area (Å²) >= 11 is 0. The average Bonchev–Trinajstić information content (AvgIpc) is 2.05. The van der Waals surface area contributed by atoms with Crippen LogP contribution in [0.1, 0.15) is 6.42 Å². The Morgan fingerprint density at radius 2 is 2.17 bits per heavy atom. The third kappa shape index (κ3) is 2.93. The van der Waals surface area contributed by atoms with Gasteiger partial charge >= 0.3 is 5.97 Å². The van der Waals surface area contributed by atoms with Gasteiger partial charge in [0.15, 0.2) is 5.78 Å². The van der Waals surface area contributed by atoms with Crippen LogP contribution >= 0.6 is 0 Å². The van der Waals surface area contributed by atoms with Crippen LogP contribution in [0.3, 0.4) is 0 Å². The Bertz CT molecular complexity index is 253. The van der Waals surface area contributed by atoms with E-state index in [2.05, 4.69) is 4.74 Å². The minimum Gasteiger partial charge on any atom is -0.465 e. The van der Waals surface area contributed by atoms with Crippen LogP contribution < -0.4 is 0 Å². The van der Waals surface area contributed by atoms with Crippen molar-refractivity contribution in [2.45, 2.75) is 6.42 Å². The maximum Gasteiger partial charge on any atom is 0.337 e. The fraction of sp³-hybridized carbons (Fsp3) is 0.250. The molecular weight excluding hydrogens is 167 g/mol. The fourth-order valence-electron chi connectivity index (χ4n) is 0.799. The summed E-state index contributed by atoms with van der Waals surface area (Å²) in [7, 11) is 1.31. The molecule has 0 atom stereocenters. The van der Waals surface area contributed by atoms with Gasteiger partial charge in [-0.05, 0) is 12.2 Å². The van der Waals surface area contributed by atoms with Gasteiger partial charge in [0, 0.05) is 36.0 Å². The number of hydrogen-bond acceptors (Lipinski definition) is 3. The van der Waals surface area contributed by atoms with E-state index in [1.54, 1.807) is 6.08 Å². The molecule has 12 heavy (non-hydrogen) atoms. The molecule has 0 bridgehead atoms. The van der Waals surface area contributed by atoms with E-state index in [9.17, 15) is 9.59 Å². The summed E-state index contributed by atoms with van der Waals surface area (Å²) in [5.41, 5.74) is 0.451. The van der Waals surface area contributed by atoms with Crippen LogP contribution in [0.15, 0.2) is 23.8 Å². The molecule has 0 aromatic heterocycles. The van der Waals surface area contributed by atoms with Crippen molar-refractivity contribution in [3.8, 4) is 0 Å². The van der Waals surface area contributed by atoms with E-state index < -0.39 is 5.97 Å². The number of allylic oxidation sites excluding steroid dienone is 2. The number of methoxy groups -OCH3 is 1. The third-order valence-electron chi connectivity index (χ3n) is 1.39. The zero-order chi connectivity index (χ0) is 8.27. The smallest absolute Gasteiger partial charge is 0.337 e. The summed E-state index contributed by atoms with van der Waals surface area (Å²) in [5, 5.41) is 0. The predicted molar refractivity (Wildman–Crippen MR) is 44.6 cm³/mol. The number of ketones is 1. The molecule has 0 unspecified atom stereocenters. The van der Waals surface area contributed by atoms with Crippen molar-refractivity contribution in [2.24, 2.45) is 0 Å². The van der Waals surface area contributed by atoms with Crippen molar-refractivity contribution >= 4 is 41.3 Å². The van der Waals surface area contributed by atoms with Gasteiger partial charge in [-0.25, -0.2) is 4.79 Å². The second-order valence-electron chi connectivity index (χ2n) is 2.15. The summed E-state index contributed by atoms with van der Waals surface area (Å²) < 4.78 is 4.46. The second-order valence-corrected chi connectivity index (χ2v) is 2.15. The maximum absolute atomic E-state index is 10.8. The summed E-state index contributed by atoms with van der Waals surface area (Å²) in [5.74, 6) is -0.383. The van der Waals surface area contributed by atoms with E-state index in [-0.39, 0.29) is 35.3 Å². The van der Waals surface area contributed by atoms with Gasteiger partial charge in [-0.1, -0.05) is 6.08 Å². The van der Waals surface area contributed by atoms with Crippen molar-refractivity contribution in [3.05, 3.63) is 23.8 Å². The minimum absolute atomic E-state index is 0. The third-order valence-corrected chi connectivity index (χ3v) is 1.39. The molecule has 1 aliphatic carbocycles. The van der Waals surface area contributed by atoms with E-state index in [1.165, 1.54) is 19.3 Å². The molecule has 0 fully saturated rings. The second kappa shape index (κ2) is 5.30. The van der Waals surface area contributed by atoms with Crippen molar-refractivity contribution in [3.63, 3.8) is 0 Å². The molecule has 0 aromatic rings. The van der Waals surface area contributed by atoms with E-state index in [0.29, 0.717) is 12.0 Å². The Kier molecular flexibility index (Phi) is 5.13. The molecule has 0 heterocycles. The Morgan fingerprint density at radius 3 is 2.58 bits per heavy atom. The van der Waals surface area contributed by atoms with E-state index in [4.69, 9.17) is 0 Å². The predicted octanol–water partition coefficient (Wildman–Crippen LogP) is 0.234. The molecule has 0 saturated heterocycles. The molecule has 1 aliphatic rings. The SMILES string of the molecule is COC(=O)C1=CCC(=O)C=C1.[Na]. The van der Waals surface area contributed by atoms with Crippen molar-refractivity contribution < 1.29 is 14.3 Å². The number of esters is 1. The van der Waals surface area contributed by atoms with E-state index >= 15 is 0 Å². The molecule has 0 amide bonds. The monoisotopic (exact) mass is 175 g/mol. The molecule has 3 nitrogen and oxygen atoms in total. The first-order valence-electron chi connectivity index (χ1n) is 3.23. The average molecular weight is 175 g/mol. The number of rotatable bonds is 1. The van der Waals surface area contributed by atoms with Crippen LogP contribution in [0.5, 0.6) is 0 Å². The van der Waals surface area contributed by atoms with Gasteiger partial charge in [0.2, 0.25) is 0 Å². The number of hydrogen-bond donors (Lipinski definition) is 0. The van der Waals surface area contributed by atoms with Crippen molar-refractivity contribution in [1.29, 1.82) is 0 Å². The molecule has 0 N–H and O–H groups in total. The van der Waals surface area contributed by atoms with Gasteiger partial charge in [0.1, 0.15) is 0 Å². The first kappa shape index (κ1) is 11.6. The number of ether oxygens (including phenoxy) is 1. The van der Waals surface area contributed by atoms with Gasteiger partial charge in [-0.3, -0.25) is 4.79 Å². The maximum atomic E-state index is 10.8. The Morgan fingerprint density at radius 1 is 1.50 bits per heavy atom. The van der Waals surface area contributed by atoms with Gasteiger partial charge in [-0.15, -0.1) is 0 Å². The number of carbonyl (C=O) groups excluding carboxylic acids is 2. The van der Waals surface area contributed by atoms with Crippen molar-refractivity contribution in [1.82, 2.24) is 0 Å². The van der Waals surface area contributed by atoms with Crippen LogP contribution in [0.25, 0.3) is 0 Å². The fourth-order valence-corrected chi connectivity index (χ4v) is 0.799. The molecule has 0 saturated carbocycles. The summed E-state index contributed by atoms with van der Waals surface area (Å²) in [4.78, 5) is 21.5. The molecular formula is C8H8NaO3. The Hall–Kier alpha value is -0.380. The van der Waals surface area contributed by atoms with Crippen LogP contribution in [0, 0.1) is 0 Å². The van der Waals surface area contributed by atoms with Gasteiger partial charge < -0.3 is 4.74 Å². The quantitative estimate of drug-likeness (QED) is 0.423. The topological polar surface area (TPSA) is 43.4 Å². The molecule has 0 aromatic carbocycles. The molecule has 1 rings (SSSR count). The first-order valence-corrected chi connectivity index (χ1v) is 3.23. The summed E-state index contributed by atoms with van der Waals surface area (Å²) in [6.07, 6.45) is 4.71. The van der Waals surface area contributed by atoms with Crippen molar-refractivity contribution in [2.75, 3.05) is 7.11 Å². The first-order chi connectivity index (χ1) is 5.24. The zero-order valence-electron chi connectivity index (χ0n) is 7.16. The molecule has 4 heteroatoms. The van der Waals surface area contributed by atoms with E-state index in [0.717, 1.165) is 0 Å². The number of carbonyl (C=O) groups is 2. The van der Waals surface area contributed by atoms with Crippen LogP contribution in [-0.4, -0.2) is 48.4 Å². The minimum atomic E-state index is -0.395. The Balaban J connectivity index is 0.00000121. The standard InChI is InChI=1S/C8H8O3.Na/c1-11-8(10)6-2-4-7(9)5-3-6;/h2-4H,5H2,1H3;. The molecule has 0 aliphatic heterocycles.